The first kappa shape index (κ1) is 12.8. The van der Waals surface area contributed by atoms with E-state index in [0.29, 0.717) is 17.1 Å². The van der Waals surface area contributed by atoms with Gasteiger partial charge in [-0.3, -0.25) is 4.79 Å². The van der Waals surface area contributed by atoms with Crippen molar-refractivity contribution in [2.45, 2.75) is 19.4 Å². The van der Waals surface area contributed by atoms with Crippen molar-refractivity contribution < 1.29 is 9.90 Å². The summed E-state index contributed by atoms with van der Waals surface area (Å²) in [4.78, 5) is 11.8. The molecule has 0 unspecified atom stereocenters. The zero-order chi connectivity index (χ0) is 12.1. The van der Waals surface area contributed by atoms with Gasteiger partial charge in [0.25, 0.3) is 5.91 Å². The Morgan fingerprint density at radius 3 is 2.81 bits per heavy atom. The summed E-state index contributed by atoms with van der Waals surface area (Å²) in [5.41, 5.74) is 6.26. The van der Waals surface area contributed by atoms with E-state index >= 15 is 0 Å². The lowest BCUT2D eigenvalue weighted by Crippen LogP contribution is -2.37. The molecule has 88 valence electrons. The van der Waals surface area contributed by atoms with Crippen LogP contribution in [0.15, 0.2) is 18.2 Å². The lowest BCUT2D eigenvalue weighted by molar-refractivity contribution is 0.0916. The molecule has 0 fully saturated rings. The third-order valence-electron chi connectivity index (χ3n) is 2.32. The van der Waals surface area contributed by atoms with Crippen molar-refractivity contribution in [2.24, 2.45) is 0 Å². The van der Waals surface area contributed by atoms with Crippen LogP contribution < -0.4 is 11.1 Å². The highest BCUT2D eigenvalue weighted by atomic mass is 35.5. The zero-order valence-corrected chi connectivity index (χ0v) is 9.79. The van der Waals surface area contributed by atoms with E-state index in [1.165, 1.54) is 0 Å². The smallest absolute Gasteiger partial charge is 0.255 e. The molecule has 0 aliphatic carbocycles. The normalized spacial score (nSPS) is 12.2. The van der Waals surface area contributed by atoms with Gasteiger partial charge in [-0.2, -0.15) is 0 Å². The molecule has 0 spiro atoms. The van der Waals surface area contributed by atoms with Gasteiger partial charge in [-0.15, -0.1) is 0 Å². The monoisotopic (exact) mass is 242 g/mol. The Bertz CT molecular complexity index is 358. The molecule has 4 N–H and O–H groups in total. The van der Waals surface area contributed by atoms with Crippen molar-refractivity contribution in [1.82, 2.24) is 5.32 Å². The SMILES string of the molecule is CC[C@H](CO)NC(=O)c1c(N)cccc1Cl. The second-order valence-electron chi connectivity index (χ2n) is 3.47. The number of anilines is 1. The highest BCUT2D eigenvalue weighted by Gasteiger charge is 2.16. The molecule has 1 aromatic carbocycles. The van der Waals surface area contributed by atoms with Crippen LogP contribution in [0.5, 0.6) is 0 Å². The number of aliphatic hydroxyl groups excluding tert-OH is 1. The number of rotatable bonds is 4. The van der Waals surface area contributed by atoms with Crippen LogP contribution in [0.1, 0.15) is 23.7 Å². The van der Waals surface area contributed by atoms with Gasteiger partial charge in [0, 0.05) is 5.69 Å². The molecular formula is C11H15ClN2O2. The van der Waals surface area contributed by atoms with Crippen LogP contribution >= 0.6 is 11.6 Å². The van der Waals surface area contributed by atoms with Crippen LogP contribution in [0.2, 0.25) is 5.02 Å². The molecule has 0 aliphatic heterocycles. The van der Waals surface area contributed by atoms with E-state index in [4.69, 9.17) is 22.4 Å². The van der Waals surface area contributed by atoms with Crippen LogP contribution in [0, 0.1) is 0 Å². The molecule has 0 saturated carbocycles. The van der Waals surface area contributed by atoms with Gasteiger partial charge < -0.3 is 16.2 Å². The second-order valence-corrected chi connectivity index (χ2v) is 3.87. The summed E-state index contributed by atoms with van der Waals surface area (Å²) >= 11 is 5.89. The first-order valence-corrected chi connectivity index (χ1v) is 5.43. The van der Waals surface area contributed by atoms with Crippen LogP contribution in [0.4, 0.5) is 5.69 Å². The van der Waals surface area contributed by atoms with Crippen molar-refractivity contribution in [3.8, 4) is 0 Å². The van der Waals surface area contributed by atoms with Gasteiger partial charge in [0.15, 0.2) is 0 Å². The fourth-order valence-corrected chi connectivity index (χ4v) is 1.58. The van der Waals surface area contributed by atoms with Gasteiger partial charge in [-0.1, -0.05) is 24.6 Å². The maximum Gasteiger partial charge on any atom is 0.255 e. The minimum absolute atomic E-state index is 0.105. The molecule has 0 saturated heterocycles. The van der Waals surface area contributed by atoms with E-state index in [-0.39, 0.29) is 24.1 Å². The van der Waals surface area contributed by atoms with E-state index in [2.05, 4.69) is 5.32 Å². The van der Waals surface area contributed by atoms with Gasteiger partial charge in [0.2, 0.25) is 0 Å². The Labute approximate surface area is 99.4 Å². The van der Waals surface area contributed by atoms with Crippen molar-refractivity contribution in [3.05, 3.63) is 28.8 Å². The Hall–Kier alpha value is -1.26. The van der Waals surface area contributed by atoms with E-state index in [0.717, 1.165) is 0 Å². The Kier molecular flexibility index (Phi) is 4.58. The van der Waals surface area contributed by atoms with Crippen LogP contribution in [0.25, 0.3) is 0 Å². The van der Waals surface area contributed by atoms with Gasteiger partial charge in [0.05, 0.1) is 23.2 Å². The molecule has 16 heavy (non-hydrogen) atoms. The topological polar surface area (TPSA) is 75.3 Å². The number of aliphatic hydroxyl groups is 1. The average Bonchev–Trinajstić information content (AvgIpc) is 2.25. The minimum Gasteiger partial charge on any atom is -0.398 e. The number of carbonyl (C=O) groups is 1. The molecule has 1 amide bonds. The number of nitrogens with one attached hydrogen (secondary N) is 1. The number of benzene rings is 1. The van der Waals surface area contributed by atoms with Crippen molar-refractivity contribution in [3.63, 3.8) is 0 Å². The van der Waals surface area contributed by atoms with E-state index in [1.54, 1.807) is 18.2 Å². The number of halogens is 1. The molecule has 0 radical (unpaired) electrons. The molecule has 0 aromatic heterocycles. The third-order valence-corrected chi connectivity index (χ3v) is 2.64. The number of amides is 1. The maximum atomic E-state index is 11.8. The maximum absolute atomic E-state index is 11.8. The summed E-state index contributed by atoms with van der Waals surface area (Å²) in [5, 5.41) is 12.0. The lowest BCUT2D eigenvalue weighted by atomic mass is 10.1. The molecular weight excluding hydrogens is 228 g/mol. The molecule has 1 rings (SSSR count). The first-order chi connectivity index (χ1) is 7.60. The molecule has 0 heterocycles. The van der Waals surface area contributed by atoms with Gasteiger partial charge in [0.1, 0.15) is 0 Å². The number of carbonyl (C=O) groups excluding carboxylic acids is 1. The Balaban J connectivity index is 2.88. The zero-order valence-electron chi connectivity index (χ0n) is 9.03. The van der Waals surface area contributed by atoms with Gasteiger partial charge in [-0.05, 0) is 18.6 Å². The highest BCUT2D eigenvalue weighted by Crippen LogP contribution is 2.21. The van der Waals surface area contributed by atoms with E-state index in [1.807, 2.05) is 6.92 Å². The highest BCUT2D eigenvalue weighted by molar-refractivity contribution is 6.34. The quantitative estimate of drug-likeness (QED) is 0.699. The van der Waals surface area contributed by atoms with Gasteiger partial charge >= 0.3 is 0 Å². The third kappa shape index (κ3) is 2.87. The number of hydrogen-bond donors (Lipinski definition) is 3. The van der Waals surface area contributed by atoms with Crippen molar-refractivity contribution in [1.29, 1.82) is 0 Å². The molecule has 1 atom stereocenters. The summed E-state index contributed by atoms with van der Waals surface area (Å²) < 4.78 is 0. The standard InChI is InChI=1S/C11H15ClN2O2/c1-2-7(6-15)14-11(16)10-8(12)4-3-5-9(10)13/h3-5,7,15H,2,6,13H2,1H3,(H,14,16)/t7-/m1/s1. The minimum atomic E-state index is -0.357. The summed E-state index contributed by atoms with van der Waals surface area (Å²) in [7, 11) is 0. The Morgan fingerprint density at radius 1 is 1.62 bits per heavy atom. The molecule has 4 nitrogen and oxygen atoms in total. The van der Waals surface area contributed by atoms with Crippen LogP contribution in [-0.4, -0.2) is 23.7 Å². The van der Waals surface area contributed by atoms with Crippen molar-refractivity contribution in [2.75, 3.05) is 12.3 Å². The Morgan fingerprint density at radius 2 is 2.31 bits per heavy atom. The fourth-order valence-electron chi connectivity index (χ4n) is 1.31. The van der Waals surface area contributed by atoms with E-state index < -0.39 is 0 Å². The van der Waals surface area contributed by atoms with Gasteiger partial charge in [-0.25, -0.2) is 0 Å². The first-order valence-electron chi connectivity index (χ1n) is 5.05. The predicted octanol–water partition coefficient (Wildman–Crippen LogP) is 1.42. The van der Waals surface area contributed by atoms with Crippen LogP contribution in [-0.2, 0) is 0 Å². The molecule has 5 heteroatoms. The van der Waals surface area contributed by atoms with Crippen molar-refractivity contribution >= 4 is 23.2 Å². The summed E-state index contributed by atoms with van der Waals surface area (Å²) in [6, 6.07) is 4.62. The fraction of sp³-hybridized carbons (Fsp3) is 0.364. The lowest BCUT2D eigenvalue weighted by Gasteiger charge is -2.15. The summed E-state index contributed by atoms with van der Waals surface area (Å²) in [6.45, 7) is 1.77. The molecule has 1 aromatic rings. The summed E-state index contributed by atoms with van der Waals surface area (Å²) in [5.74, 6) is -0.357. The largest absolute Gasteiger partial charge is 0.398 e. The van der Waals surface area contributed by atoms with Crippen LogP contribution in [0.3, 0.4) is 0 Å². The molecule has 0 bridgehead atoms. The number of nitrogen functional groups attached to an aromatic ring is 1. The molecule has 0 aliphatic rings. The number of nitrogens with two attached hydrogens (primary N) is 1. The predicted molar refractivity (Wildman–Crippen MR) is 64.5 cm³/mol. The number of hydrogen-bond acceptors (Lipinski definition) is 3. The second kappa shape index (κ2) is 5.72. The summed E-state index contributed by atoms with van der Waals surface area (Å²) in [6.07, 6.45) is 0.645. The average molecular weight is 243 g/mol. The van der Waals surface area contributed by atoms with E-state index in [9.17, 15) is 4.79 Å².